The second-order valence-corrected chi connectivity index (χ2v) is 8.26. The number of methoxy groups -OCH3 is 2. The van der Waals surface area contributed by atoms with Crippen LogP contribution in [-0.2, 0) is 0 Å². The van der Waals surface area contributed by atoms with Gasteiger partial charge in [-0.1, -0.05) is 41.4 Å². The summed E-state index contributed by atoms with van der Waals surface area (Å²) in [4.78, 5) is 15.8. The zero-order valence-corrected chi connectivity index (χ0v) is 18.5. The maximum atomic E-state index is 13.7. The van der Waals surface area contributed by atoms with Crippen molar-refractivity contribution < 1.29 is 14.3 Å². The lowest BCUT2D eigenvalue weighted by Gasteiger charge is -2.24. The summed E-state index contributed by atoms with van der Waals surface area (Å²) >= 11 is 14.0. The first-order valence-corrected chi connectivity index (χ1v) is 10.6. The van der Waals surface area contributed by atoms with E-state index >= 15 is 0 Å². The minimum Gasteiger partial charge on any atom is -0.493 e. The van der Waals surface area contributed by atoms with Crippen LogP contribution < -0.4 is 14.4 Å². The number of amides is 1. The zero-order chi connectivity index (χ0) is 21.3. The molecule has 1 amide bonds. The minimum atomic E-state index is -0.240. The van der Waals surface area contributed by atoms with Crippen molar-refractivity contribution in [1.82, 2.24) is 0 Å². The molecule has 0 aliphatic rings. The van der Waals surface area contributed by atoms with Crippen LogP contribution in [0.5, 0.6) is 11.5 Å². The Hall–Kier alpha value is -2.73. The molecule has 3 aromatic carbocycles. The van der Waals surface area contributed by atoms with Gasteiger partial charge in [0.1, 0.15) is 4.88 Å². The van der Waals surface area contributed by atoms with Crippen molar-refractivity contribution >= 4 is 61.9 Å². The molecule has 0 unspecified atom stereocenters. The van der Waals surface area contributed by atoms with Gasteiger partial charge in [0.05, 0.1) is 24.9 Å². The number of anilines is 2. The first-order valence-electron chi connectivity index (χ1n) is 9.02. The van der Waals surface area contributed by atoms with Crippen molar-refractivity contribution in [3.63, 3.8) is 0 Å². The summed E-state index contributed by atoms with van der Waals surface area (Å²) in [6.07, 6.45) is 0. The number of carbonyl (C=O) groups is 1. The third-order valence-corrected chi connectivity index (χ3v) is 6.56. The van der Waals surface area contributed by atoms with E-state index in [1.807, 2.05) is 24.3 Å². The fraction of sp³-hybridized carbons (Fsp3) is 0.0870. The third-order valence-electron chi connectivity index (χ3n) is 4.64. The van der Waals surface area contributed by atoms with Crippen LogP contribution in [0.4, 0.5) is 11.4 Å². The lowest BCUT2D eigenvalue weighted by molar-refractivity contribution is 0.100. The Morgan fingerprint density at radius 1 is 0.867 bits per heavy atom. The largest absolute Gasteiger partial charge is 0.493 e. The predicted octanol–water partition coefficient (Wildman–Crippen LogP) is 7.20. The predicted molar refractivity (Wildman–Crippen MR) is 124 cm³/mol. The molecule has 30 heavy (non-hydrogen) atoms. The molecule has 152 valence electrons. The Morgan fingerprint density at radius 2 is 1.53 bits per heavy atom. The number of carbonyl (C=O) groups excluding carboxylic acids is 1. The van der Waals surface area contributed by atoms with Crippen LogP contribution in [-0.4, -0.2) is 20.1 Å². The lowest BCUT2D eigenvalue weighted by atomic mass is 10.2. The molecule has 0 spiro atoms. The molecule has 7 heteroatoms. The van der Waals surface area contributed by atoms with Crippen molar-refractivity contribution in [3.8, 4) is 11.5 Å². The van der Waals surface area contributed by atoms with E-state index < -0.39 is 0 Å². The van der Waals surface area contributed by atoms with Crippen LogP contribution in [0.3, 0.4) is 0 Å². The number of ether oxygens (including phenoxy) is 2. The van der Waals surface area contributed by atoms with E-state index in [9.17, 15) is 4.79 Å². The van der Waals surface area contributed by atoms with Gasteiger partial charge in [-0.25, -0.2) is 0 Å². The van der Waals surface area contributed by atoms with Crippen LogP contribution in [0, 0.1) is 0 Å². The average Bonchev–Trinajstić information content (AvgIpc) is 3.11. The van der Waals surface area contributed by atoms with Crippen molar-refractivity contribution in [2.45, 2.75) is 0 Å². The van der Waals surface area contributed by atoms with Crippen molar-refractivity contribution in [2.75, 3.05) is 19.1 Å². The Balaban J connectivity index is 1.88. The zero-order valence-electron chi connectivity index (χ0n) is 16.2. The minimum absolute atomic E-state index is 0.240. The molecule has 0 fully saturated rings. The van der Waals surface area contributed by atoms with Crippen molar-refractivity contribution in [3.05, 3.63) is 81.7 Å². The summed E-state index contributed by atoms with van der Waals surface area (Å²) in [6.45, 7) is 0. The normalized spacial score (nSPS) is 10.8. The summed E-state index contributed by atoms with van der Waals surface area (Å²) in [5.74, 6) is 0.851. The van der Waals surface area contributed by atoms with Crippen LogP contribution >= 0.6 is 34.5 Å². The maximum absolute atomic E-state index is 13.7. The number of nitrogens with zero attached hydrogens (tertiary/aromatic N) is 1. The SMILES string of the molecule is COc1ccc(N(C(=O)c2sc3ccccc3c2Cl)c2ccc(Cl)cc2)cc1OC. The molecule has 4 rings (SSSR count). The molecule has 0 radical (unpaired) electrons. The smallest absolute Gasteiger partial charge is 0.274 e. The molecule has 0 bridgehead atoms. The summed E-state index contributed by atoms with van der Waals surface area (Å²) in [5.41, 5.74) is 1.28. The molecular formula is C23H17Cl2NO3S. The van der Waals surface area contributed by atoms with E-state index in [4.69, 9.17) is 32.7 Å². The molecule has 0 saturated heterocycles. The van der Waals surface area contributed by atoms with Gasteiger partial charge in [0.2, 0.25) is 0 Å². The monoisotopic (exact) mass is 457 g/mol. The van der Waals surface area contributed by atoms with Crippen molar-refractivity contribution in [1.29, 1.82) is 0 Å². The second-order valence-electron chi connectivity index (χ2n) is 6.40. The molecule has 1 heterocycles. The van der Waals surface area contributed by atoms with Gasteiger partial charge >= 0.3 is 0 Å². The molecule has 0 N–H and O–H groups in total. The third kappa shape index (κ3) is 3.72. The number of rotatable bonds is 5. The average molecular weight is 458 g/mol. The standard InChI is InChI=1S/C23H17Cl2NO3S/c1-28-18-12-11-16(13-19(18)29-2)26(15-9-7-14(24)8-10-15)23(27)22-21(25)17-5-3-4-6-20(17)30-22/h3-13H,1-2H3. The van der Waals surface area contributed by atoms with E-state index in [1.54, 1.807) is 61.6 Å². The van der Waals surface area contributed by atoms with Crippen LogP contribution in [0.2, 0.25) is 10.0 Å². The van der Waals surface area contributed by atoms with Gasteiger partial charge in [-0.05, 0) is 42.5 Å². The van der Waals surface area contributed by atoms with Gasteiger partial charge in [-0.3, -0.25) is 9.69 Å². The van der Waals surface area contributed by atoms with Gasteiger partial charge in [0.15, 0.2) is 11.5 Å². The lowest BCUT2D eigenvalue weighted by Crippen LogP contribution is -2.25. The Bertz CT molecular complexity index is 1220. The summed E-state index contributed by atoms with van der Waals surface area (Å²) in [6, 6.07) is 20.1. The van der Waals surface area contributed by atoms with Gasteiger partial charge < -0.3 is 9.47 Å². The van der Waals surface area contributed by atoms with Gasteiger partial charge in [0.25, 0.3) is 5.91 Å². The molecule has 4 aromatic rings. The Labute approximate surface area is 188 Å². The number of fused-ring (bicyclic) bond motifs is 1. The number of halogens is 2. The van der Waals surface area contributed by atoms with Crippen LogP contribution in [0.1, 0.15) is 9.67 Å². The molecule has 4 nitrogen and oxygen atoms in total. The first-order chi connectivity index (χ1) is 14.5. The number of hydrogen-bond acceptors (Lipinski definition) is 4. The molecule has 0 atom stereocenters. The van der Waals surface area contributed by atoms with E-state index in [2.05, 4.69) is 0 Å². The number of thiophene rings is 1. The highest BCUT2D eigenvalue weighted by Crippen LogP contribution is 2.40. The number of hydrogen-bond donors (Lipinski definition) is 0. The fourth-order valence-corrected chi connectivity index (χ4v) is 4.76. The highest BCUT2D eigenvalue weighted by atomic mass is 35.5. The Morgan fingerprint density at radius 3 is 2.20 bits per heavy atom. The Kier molecular flexibility index (Phi) is 5.86. The molecule has 1 aromatic heterocycles. The van der Waals surface area contributed by atoms with Crippen LogP contribution in [0.15, 0.2) is 66.7 Å². The topological polar surface area (TPSA) is 38.8 Å². The second kappa shape index (κ2) is 8.56. The fourth-order valence-electron chi connectivity index (χ4n) is 3.19. The van der Waals surface area contributed by atoms with E-state index in [0.29, 0.717) is 37.8 Å². The first kappa shape index (κ1) is 20.5. The highest BCUT2D eigenvalue weighted by molar-refractivity contribution is 7.21. The van der Waals surface area contributed by atoms with Crippen LogP contribution in [0.25, 0.3) is 10.1 Å². The molecular weight excluding hydrogens is 441 g/mol. The molecule has 0 saturated carbocycles. The summed E-state index contributed by atoms with van der Waals surface area (Å²) < 4.78 is 11.7. The van der Waals surface area contributed by atoms with Gasteiger partial charge in [0, 0.05) is 26.9 Å². The maximum Gasteiger partial charge on any atom is 0.274 e. The summed E-state index contributed by atoms with van der Waals surface area (Å²) in [5, 5.41) is 1.88. The van der Waals surface area contributed by atoms with Crippen molar-refractivity contribution in [2.24, 2.45) is 0 Å². The quantitative estimate of drug-likeness (QED) is 0.317. The summed E-state index contributed by atoms with van der Waals surface area (Å²) in [7, 11) is 3.12. The van der Waals surface area contributed by atoms with Gasteiger partial charge in [-0.2, -0.15) is 0 Å². The highest BCUT2D eigenvalue weighted by Gasteiger charge is 2.26. The van der Waals surface area contributed by atoms with Gasteiger partial charge in [-0.15, -0.1) is 11.3 Å². The van der Waals surface area contributed by atoms with E-state index in [0.717, 1.165) is 10.1 Å². The van der Waals surface area contributed by atoms with E-state index in [-0.39, 0.29) is 5.91 Å². The number of benzene rings is 3. The molecule has 0 aliphatic heterocycles. The van der Waals surface area contributed by atoms with E-state index in [1.165, 1.54) is 11.3 Å². The molecule has 0 aliphatic carbocycles.